The highest BCUT2D eigenvalue weighted by molar-refractivity contribution is 14.0. The van der Waals surface area contributed by atoms with Crippen LogP contribution in [0.2, 0.25) is 0 Å². The van der Waals surface area contributed by atoms with Gasteiger partial charge in [0.25, 0.3) is 0 Å². The topological polar surface area (TPSA) is 87.2 Å². The minimum absolute atomic E-state index is 0. The summed E-state index contributed by atoms with van der Waals surface area (Å²) in [6, 6.07) is 16.7. The third-order valence-electron chi connectivity index (χ3n) is 5.21. The van der Waals surface area contributed by atoms with Gasteiger partial charge in [0.2, 0.25) is 0 Å². The van der Waals surface area contributed by atoms with Gasteiger partial charge in [0.15, 0.2) is 11.8 Å². The Labute approximate surface area is 193 Å². The van der Waals surface area contributed by atoms with Gasteiger partial charge in [-0.05, 0) is 54.7 Å². The summed E-state index contributed by atoms with van der Waals surface area (Å²) in [4.78, 5) is 8.92. The summed E-state index contributed by atoms with van der Waals surface area (Å²) >= 11 is 0. The average molecular weight is 518 g/mol. The first-order valence-electron chi connectivity index (χ1n) is 9.85. The molecule has 0 radical (unpaired) electrons. The maximum atomic E-state index is 5.19. The molecular weight excluding hydrogens is 491 g/mol. The molecule has 2 aromatic carbocycles. The maximum absolute atomic E-state index is 5.19. The lowest BCUT2D eigenvalue weighted by Crippen LogP contribution is -2.45. The zero-order valence-corrected chi connectivity index (χ0v) is 19.5. The number of aryl methyl sites for hydroxylation is 1. The van der Waals surface area contributed by atoms with E-state index >= 15 is 0 Å². The van der Waals surface area contributed by atoms with Crippen LogP contribution in [0.25, 0.3) is 11.4 Å². The van der Waals surface area contributed by atoms with E-state index in [0.717, 1.165) is 42.4 Å². The molecule has 7 nitrogen and oxygen atoms in total. The molecule has 1 aliphatic carbocycles. The van der Waals surface area contributed by atoms with Crippen LogP contribution in [0.5, 0.6) is 5.75 Å². The number of aromatic amines is 1. The number of nitrogens with one attached hydrogen (secondary N) is 3. The quantitative estimate of drug-likeness (QED) is 0.274. The Balaban J connectivity index is 0.00000256. The second-order valence-corrected chi connectivity index (χ2v) is 7.11. The molecular formula is C22H27IN6O. The molecule has 0 fully saturated rings. The lowest BCUT2D eigenvalue weighted by Gasteiger charge is -2.27. The molecule has 3 aromatic rings. The number of ether oxygens (including phenoxy) is 1. The first kappa shape index (κ1) is 22.1. The van der Waals surface area contributed by atoms with Crippen LogP contribution in [0, 0.1) is 0 Å². The second-order valence-electron chi connectivity index (χ2n) is 7.11. The van der Waals surface area contributed by atoms with Crippen LogP contribution in [-0.2, 0) is 19.4 Å². The van der Waals surface area contributed by atoms with Gasteiger partial charge < -0.3 is 15.4 Å². The van der Waals surface area contributed by atoms with Gasteiger partial charge in [0.1, 0.15) is 11.6 Å². The van der Waals surface area contributed by atoms with E-state index < -0.39 is 0 Å². The third-order valence-corrected chi connectivity index (χ3v) is 5.21. The standard InChI is InChI=1S/C22H26N6O.HI/c1-23-22(25-18-10-7-15-5-3-4-6-17(15)13-18)24-14-20-26-21(28-27-20)16-8-11-19(29-2)12-9-16;/h3-6,8-9,11-12,18H,7,10,13-14H2,1-2H3,(H2,23,24,25)(H,26,27,28);1H. The highest BCUT2D eigenvalue weighted by Gasteiger charge is 2.19. The molecule has 0 saturated heterocycles. The summed E-state index contributed by atoms with van der Waals surface area (Å²) in [5, 5.41) is 14.2. The Hall–Kier alpha value is -2.62. The van der Waals surface area contributed by atoms with Crippen molar-refractivity contribution in [2.24, 2.45) is 4.99 Å². The van der Waals surface area contributed by atoms with Crippen LogP contribution in [-0.4, -0.2) is 41.3 Å². The van der Waals surface area contributed by atoms with Crippen molar-refractivity contribution in [2.75, 3.05) is 14.2 Å². The van der Waals surface area contributed by atoms with Crippen molar-refractivity contribution >= 4 is 29.9 Å². The number of nitrogens with zero attached hydrogens (tertiary/aromatic N) is 3. The number of aliphatic imine (C=N–C) groups is 1. The van der Waals surface area contributed by atoms with Crippen LogP contribution in [0.4, 0.5) is 0 Å². The number of methoxy groups -OCH3 is 1. The van der Waals surface area contributed by atoms with Crippen molar-refractivity contribution < 1.29 is 4.74 Å². The molecule has 0 bridgehead atoms. The van der Waals surface area contributed by atoms with Crippen LogP contribution in [0.15, 0.2) is 53.5 Å². The Morgan fingerprint density at radius 1 is 1.17 bits per heavy atom. The number of guanidine groups is 1. The first-order valence-corrected chi connectivity index (χ1v) is 9.85. The van der Waals surface area contributed by atoms with Gasteiger partial charge in [-0.1, -0.05) is 24.3 Å². The molecule has 0 aliphatic heterocycles. The lowest BCUT2D eigenvalue weighted by molar-refractivity contribution is 0.415. The molecule has 4 rings (SSSR count). The first-order chi connectivity index (χ1) is 14.2. The third kappa shape index (κ3) is 5.29. The van der Waals surface area contributed by atoms with Gasteiger partial charge in [-0.2, -0.15) is 5.10 Å². The number of halogens is 1. The molecule has 1 unspecified atom stereocenters. The molecule has 0 amide bonds. The second kappa shape index (κ2) is 10.4. The number of H-pyrrole nitrogens is 1. The monoisotopic (exact) mass is 518 g/mol. The van der Waals surface area contributed by atoms with E-state index in [1.165, 1.54) is 11.1 Å². The van der Waals surface area contributed by atoms with Gasteiger partial charge in [-0.3, -0.25) is 10.1 Å². The number of hydrogen-bond acceptors (Lipinski definition) is 4. The smallest absolute Gasteiger partial charge is 0.191 e. The van der Waals surface area contributed by atoms with Crippen molar-refractivity contribution in [1.29, 1.82) is 0 Å². The molecule has 0 spiro atoms. The number of hydrogen-bond donors (Lipinski definition) is 3. The van der Waals surface area contributed by atoms with E-state index in [1.807, 2.05) is 24.3 Å². The summed E-state index contributed by atoms with van der Waals surface area (Å²) in [5.41, 5.74) is 3.82. The fraction of sp³-hybridized carbons (Fsp3) is 0.318. The largest absolute Gasteiger partial charge is 0.497 e. The molecule has 0 saturated carbocycles. The molecule has 1 aliphatic rings. The van der Waals surface area contributed by atoms with E-state index in [9.17, 15) is 0 Å². The van der Waals surface area contributed by atoms with Gasteiger partial charge >= 0.3 is 0 Å². The average Bonchev–Trinajstić information content (AvgIpc) is 3.25. The van der Waals surface area contributed by atoms with Gasteiger partial charge in [0, 0.05) is 18.7 Å². The van der Waals surface area contributed by atoms with Gasteiger partial charge in [-0.15, -0.1) is 24.0 Å². The van der Waals surface area contributed by atoms with E-state index in [2.05, 4.69) is 55.1 Å². The van der Waals surface area contributed by atoms with Crippen molar-refractivity contribution in [2.45, 2.75) is 31.8 Å². The maximum Gasteiger partial charge on any atom is 0.191 e. The van der Waals surface area contributed by atoms with Crippen molar-refractivity contribution in [1.82, 2.24) is 25.8 Å². The minimum Gasteiger partial charge on any atom is -0.497 e. The van der Waals surface area contributed by atoms with Crippen LogP contribution in [0.3, 0.4) is 0 Å². The summed E-state index contributed by atoms with van der Waals surface area (Å²) in [7, 11) is 3.44. The molecule has 1 heterocycles. The fourth-order valence-electron chi connectivity index (χ4n) is 3.62. The van der Waals surface area contributed by atoms with Crippen LogP contribution < -0.4 is 15.4 Å². The number of benzene rings is 2. The van der Waals surface area contributed by atoms with Crippen molar-refractivity contribution in [3.8, 4) is 17.1 Å². The summed E-state index contributed by atoms with van der Waals surface area (Å²) in [5.74, 6) is 3.01. The Morgan fingerprint density at radius 2 is 1.93 bits per heavy atom. The highest BCUT2D eigenvalue weighted by Crippen LogP contribution is 2.21. The van der Waals surface area contributed by atoms with E-state index in [0.29, 0.717) is 18.4 Å². The van der Waals surface area contributed by atoms with Gasteiger partial charge in [0.05, 0.1) is 13.7 Å². The van der Waals surface area contributed by atoms with Crippen molar-refractivity contribution in [3.05, 3.63) is 65.5 Å². The zero-order chi connectivity index (χ0) is 20.1. The summed E-state index contributed by atoms with van der Waals surface area (Å²) < 4.78 is 5.19. The number of rotatable bonds is 5. The number of fused-ring (bicyclic) bond motifs is 1. The fourth-order valence-corrected chi connectivity index (χ4v) is 3.62. The predicted molar refractivity (Wildman–Crippen MR) is 129 cm³/mol. The molecule has 3 N–H and O–H groups in total. The SMILES string of the molecule is CN=C(NCc1nc(-c2ccc(OC)cc2)n[nH]1)NC1CCc2ccccc2C1.I. The zero-order valence-electron chi connectivity index (χ0n) is 17.2. The highest BCUT2D eigenvalue weighted by atomic mass is 127. The number of aromatic nitrogens is 3. The van der Waals surface area contributed by atoms with Crippen molar-refractivity contribution in [3.63, 3.8) is 0 Å². The molecule has 30 heavy (non-hydrogen) atoms. The minimum atomic E-state index is 0. The normalized spacial score (nSPS) is 15.7. The molecule has 1 atom stereocenters. The Kier molecular flexibility index (Phi) is 7.67. The summed E-state index contributed by atoms with van der Waals surface area (Å²) in [6.45, 7) is 0.520. The van der Waals surface area contributed by atoms with Crippen LogP contribution in [0.1, 0.15) is 23.4 Å². The molecule has 8 heteroatoms. The van der Waals surface area contributed by atoms with Gasteiger partial charge in [-0.25, -0.2) is 4.98 Å². The lowest BCUT2D eigenvalue weighted by atomic mass is 9.88. The molecule has 158 valence electrons. The summed E-state index contributed by atoms with van der Waals surface area (Å²) in [6.07, 6.45) is 3.21. The van der Waals surface area contributed by atoms with Crippen LogP contribution >= 0.6 is 24.0 Å². The predicted octanol–water partition coefficient (Wildman–Crippen LogP) is 3.32. The van der Waals surface area contributed by atoms with E-state index in [4.69, 9.17) is 4.74 Å². The van der Waals surface area contributed by atoms with E-state index in [-0.39, 0.29) is 24.0 Å². The Bertz CT molecular complexity index is 985. The van der Waals surface area contributed by atoms with E-state index in [1.54, 1.807) is 14.2 Å². The molecule has 1 aromatic heterocycles. The Morgan fingerprint density at radius 3 is 2.67 bits per heavy atom.